The fourth-order valence-corrected chi connectivity index (χ4v) is 0.761. The highest BCUT2D eigenvalue weighted by Gasteiger charge is 2.25. The molecule has 1 aliphatic carbocycles. The summed E-state index contributed by atoms with van der Waals surface area (Å²) in [6.45, 7) is 0. The standard InChI is InChI=1S/C6H6N3/c1-2-5(1)6-8-3-7-4-9-6/h3,5H,1-2H2. The molecular formula is C6H6N3. The van der Waals surface area contributed by atoms with Crippen LogP contribution in [0.3, 0.4) is 0 Å². The molecule has 1 saturated carbocycles. The van der Waals surface area contributed by atoms with Crippen molar-refractivity contribution in [1.29, 1.82) is 0 Å². The van der Waals surface area contributed by atoms with E-state index in [1.165, 1.54) is 19.2 Å². The zero-order valence-electron chi connectivity index (χ0n) is 4.91. The summed E-state index contributed by atoms with van der Waals surface area (Å²) in [5.74, 6) is 1.52. The molecule has 1 aromatic rings. The van der Waals surface area contributed by atoms with E-state index in [2.05, 4.69) is 21.3 Å². The van der Waals surface area contributed by atoms with Gasteiger partial charge in [-0.3, -0.25) is 0 Å². The minimum atomic E-state index is 0.615. The molecule has 1 heterocycles. The molecule has 0 aliphatic heterocycles. The molecule has 0 spiro atoms. The molecule has 3 nitrogen and oxygen atoms in total. The van der Waals surface area contributed by atoms with Crippen molar-refractivity contribution < 1.29 is 0 Å². The molecule has 1 aliphatic rings. The average Bonchev–Trinajstić information content (AvgIpc) is 2.71. The largest absolute Gasteiger partial charge is 0.221 e. The first-order valence-corrected chi connectivity index (χ1v) is 3.02. The molecule has 0 bridgehead atoms. The van der Waals surface area contributed by atoms with Gasteiger partial charge in [-0.25, -0.2) is 15.0 Å². The Hall–Kier alpha value is -0.990. The number of hydrogen-bond acceptors (Lipinski definition) is 3. The number of aromatic nitrogens is 3. The van der Waals surface area contributed by atoms with Crippen LogP contribution in [-0.4, -0.2) is 15.0 Å². The molecule has 0 aromatic carbocycles. The van der Waals surface area contributed by atoms with Crippen LogP contribution >= 0.6 is 0 Å². The summed E-state index contributed by atoms with van der Waals surface area (Å²) in [4.78, 5) is 11.5. The summed E-state index contributed by atoms with van der Waals surface area (Å²) in [6, 6.07) is 0. The summed E-state index contributed by atoms with van der Waals surface area (Å²) < 4.78 is 0. The van der Waals surface area contributed by atoms with Crippen molar-refractivity contribution in [3.8, 4) is 0 Å². The van der Waals surface area contributed by atoms with Crippen LogP contribution in [0.15, 0.2) is 6.33 Å². The second-order valence-corrected chi connectivity index (χ2v) is 2.22. The molecule has 0 atom stereocenters. The maximum absolute atomic E-state index is 3.99. The molecule has 1 radical (unpaired) electrons. The van der Waals surface area contributed by atoms with Gasteiger partial charge in [0.25, 0.3) is 0 Å². The first-order valence-electron chi connectivity index (χ1n) is 3.02. The van der Waals surface area contributed by atoms with Gasteiger partial charge in [-0.15, -0.1) is 0 Å². The van der Waals surface area contributed by atoms with E-state index < -0.39 is 0 Å². The Labute approximate surface area is 53.2 Å². The number of nitrogens with zero attached hydrogens (tertiary/aromatic N) is 3. The van der Waals surface area contributed by atoms with E-state index in [4.69, 9.17) is 0 Å². The molecule has 0 saturated heterocycles. The van der Waals surface area contributed by atoms with Gasteiger partial charge in [0, 0.05) is 5.92 Å². The van der Waals surface area contributed by atoms with Gasteiger partial charge < -0.3 is 0 Å². The van der Waals surface area contributed by atoms with E-state index in [0.717, 1.165) is 5.82 Å². The molecular weight excluding hydrogens is 114 g/mol. The maximum Gasteiger partial charge on any atom is 0.201 e. The highest BCUT2D eigenvalue weighted by atomic mass is 15.0. The second-order valence-electron chi connectivity index (χ2n) is 2.22. The predicted molar refractivity (Wildman–Crippen MR) is 30.6 cm³/mol. The van der Waals surface area contributed by atoms with Gasteiger partial charge in [-0.1, -0.05) is 0 Å². The monoisotopic (exact) mass is 120 g/mol. The van der Waals surface area contributed by atoms with Gasteiger partial charge >= 0.3 is 0 Å². The minimum absolute atomic E-state index is 0.615. The van der Waals surface area contributed by atoms with Gasteiger partial charge in [-0.2, -0.15) is 0 Å². The zero-order chi connectivity index (χ0) is 6.10. The summed E-state index contributed by atoms with van der Waals surface area (Å²) in [5.41, 5.74) is 0. The highest BCUT2D eigenvalue weighted by Crippen LogP contribution is 2.37. The van der Waals surface area contributed by atoms with Gasteiger partial charge in [0.05, 0.1) is 0 Å². The van der Waals surface area contributed by atoms with E-state index in [1.807, 2.05) is 0 Å². The van der Waals surface area contributed by atoms with Crippen molar-refractivity contribution in [2.75, 3.05) is 0 Å². The Morgan fingerprint density at radius 3 is 3.00 bits per heavy atom. The van der Waals surface area contributed by atoms with Crippen molar-refractivity contribution in [3.63, 3.8) is 0 Å². The molecule has 3 heteroatoms. The Kier molecular flexibility index (Phi) is 0.946. The van der Waals surface area contributed by atoms with Gasteiger partial charge in [0.15, 0.2) is 0 Å². The van der Waals surface area contributed by atoms with Crippen LogP contribution in [0.25, 0.3) is 0 Å². The highest BCUT2D eigenvalue weighted by molar-refractivity contribution is 5.01. The SMILES string of the molecule is [c]1ncnc(C2CC2)n1. The van der Waals surface area contributed by atoms with Gasteiger partial charge in [-0.05, 0) is 12.8 Å². The van der Waals surface area contributed by atoms with Crippen molar-refractivity contribution >= 4 is 0 Å². The Morgan fingerprint density at radius 1 is 1.56 bits per heavy atom. The topological polar surface area (TPSA) is 38.7 Å². The number of hydrogen-bond donors (Lipinski definition) is 0. The van der Waals surface area contributed by atoms with Crippen molar-refractivity contribution in [2.24, 2.45) is 0 Å². The van der Waals surface area contributed by atoms with Crippen molar-refractivity contribution in [3.05, 3.63) is 18.5 Å². The lowest BCUT2D eigenvalue weighted by Crippen LogP contribution is -1.90. The van der Waals surface area contributed by atoms with E-state index in [0.29, 0.717) is 5.92 Å². The van der Waals surface area contributed by atoms with Crippen LogP contribution in [-0.2, 0) is 0 Å². The zero-order valence-corrected chi connectivity index (χ0v) is 4.91. The third kappa shape index (κ3) is 0.896. The summed E-state index contributed by atoms with van der Waals surface area (Å²) in [7, 11) is 0. The first-order chi connectivity index (χ1) is 4.47. The Morgan fingerprint density at radius 2 is 2.44 bits per heavy atom. The van der Waals surface area contributed by atoms with Crippen LogP contribution in [0, 0.1) is 6.33 Å². The van der Waals surface area contributed by atoms with Gasteiger partial charge in [0.1, 0.15) is 12.2 Å². The van der Waals surface area contributed by atoms with Crippen LogP contribution in [0.5, 0.6) is 0 Å². The summed E-state index contributed by atoms with van der Waals surface area (Å²) >= 11 is 0. The lowest BCUT2D eigenvalue weighted by Gasteiger charge is -1.88. The lowest BCUT2D eigenvalue weighted by molar-refractivity contribution is 0.880. The molecule has 0 amide bonds. The van der Waals surface area contributed by atoms with Crippen LogP contribution in [0.2, 0.25) is 0 Å². The average molecular weight is 120 g/mol. The molecule has 45 valence electrons. The van der Waals surface area contributed by atoms with Crippen LogP contribution in [0.1, 0.15) is 24.6 Å². The van der Waals surface area contributed by atoms with E-state index >= 15 is 0 Å². The molecule has 1 aromatic heterocycles. The Balaban J connectivity index is 2.29. The third-order valence-corrected chi connectivity index (χ3v) is 1.41. The molecule has 9 heavy (non-hydrogen) atoms. The first kappa shape index (κ1) is 4.85. The van der Waals surface area contributed by atoms with Crippen molar-refractivity contribution in [2.45, 2.75) is 18.8 Å². The van der Waals surface area contributed by atoms with E-state index in [-0.39, 0.29) is 0 Å². The fourth-order valence-electron chi connectivity index (χ4n) is 0.761. The van der Waals surface area contributed by atoms with Crippen LogP contribution < -0.4 is 0 Å². The van der Waals surface area contributed by atoms with Gasteiger partial charge in [0.2, 0.25) is 6.33 Å². The van der Waals surface area contributed by atoms with Crippen molar-refractivity contribution in [1.82, 2.24) is 15.0 Å². The molecule has 2 rings (SSSR count). The minimum Gasteiger partial charge on any atom is -0.221 e. The smallest absolute Gasteiger partial charge is 0.201 e. The van der Waals surface area contributed by atoms with Crippen LogP contribution in [0.4, 0.5) is 0 Å². The third-order valence-electron chi connectivity index (χ3n) is 1.41. The quantitative estimate of drug-likeness (QED) is 0.543. The molecule has 0 N–H and O–H groups in total. The summed E-state index contributed by atoms with van der Waals surface area (Å²) in [6.07, 6.45) is 6.49. The van der Waals surface area contributed by atoms with E-state index in [9.17, 15) is 0 Å². The fraction of sp³-hybridized carbons (Fsp3) is 0.500. The predicted octanol–water partition coefficient (Wildman–Crippen LogP) is 0.549. The Bertz CT molecular complexity index is 193. The maximum atomic E-state index is 3.99. The lowest BCUT2D eigenvalue weighted by atomic mass is 10.4. The summed E-state index contributed by atoms with van der Waals surface area (Å²) in [5, 5.41) is 0. The second kappa shape index (κ2) is 1.76. The molecule has 1 fully saturated rings. The number of rotatable bonds is 1. The van der Waals surface area contributed by atoms with E-state index in [1.54, 1.807) is 0 Å². The normalized spacial score (nSPS) is 17.8. The molecule has 0 unspecified atom stereocenters.